The molecule has 194 valence electrons. The fourth-order valence-electron chi connectivity index (χ4n) is 6.86. The van der Waals surface area contributed by atoms with Gasteiger partial charge in [-0.2, -0.15) is 0 Å². The van der Waals surface area contributed by atoms with E-state index in [4.69, 9.17) is 4.74 Å². The fraction of sp³-hybridized carbons (Fsp3) is 0.741. The molecular weight excluding hydrogens is 464 g/mol. The highest BCUT2D eigenvalue weighted by atomic mass is 32.2. The number of unbranched alkanes of at least 4 members (excludes halogenated alkanes) is 2. The lowest BCUT2D eigenvalue weighted by Gasteiger charge is -2.41. The number of esters is 1. The van der Waals surface area contributed by atoms with Gasteiger partial charge in [-0.1, -0.05) is 38.0 Å². The number of likely N-dealkylation sites (tertiary alicyclic amines) is 1. The number of carbonyl (C=O) groups is 3. The lowest BCUT2D eigenvalue weighted by molar-refractivity contribution is -0.153. The number of thioether (sulfide) groups is 1. The van der Waals surface area contributed by atoms with Gasteiger partial charge in [0.1, 0.15) is 12.6 Å². The second kappa shape index (κ2) is 11.5. The number of ether oxygens (including phenoxy) is 1. The highest BCUT2D eigenvalue weighted by Gasteiger charge is 2.74. The molecule has 5 atom stereocenters. The van der Waals surface area contributed by atoms with Gasteiger partial charge in [-0.25, -0.2) is 0 Å². The Morgan fingerprint density at radius 1 is 1.14 bits per heavy atom. The Labute approximate surface area is 213 Å². The van der Waals surface area contributed by atoms with Crippen LogP contribution in [-0.2, 0) is 19.1 Å². The third-order valence-electron chi connectivity index (χ3n) is 8.33. The number of hydrogen-bond acceptors (Lipinski definition) is 6. The van der Waals surface area contributed by atoms with Crippen molar-refractivity contribution in [3.63, 3.8) is 0 Å². The zero-order valence-electron chi connectivity index (χ0n) is 20.7. The summed E-state index contributed by atoms with van der Waals surface area (Å²) in [6.07, 6.45) is 12.5. The summed E-state index contributed by atoms with van der Waals surface area (Å²) in [7, 11) is 0. The van der Waals surface area contributed by atoms with Crippen LogP contribution in [-0.4, -0.2) is 81.1 Å². The number of nitrogens with zero attached hydrogens (tertiary/aromatic N) is 2. The minimum absolute atomic E-state index is 0.00985. The van der Waals surface area contributed by atoms with Gasteiger partial charge in [-0.15, -0.1) is 18.3 Å². The molecule has 3 aliphatic heterocycles. The van der Waals surface area contributed by atoms with Gasteiger partial charge in [-0.3, -0.25) is 14.4 Å². The van der Waals surface area contributed by atoms with Crippen molar-refractivity contribution in [3.05, 3.63) is 25.3 Å². The fourth-order valence-corrected chi connectivity index (χ4v) is 9.06. The quantitative estimate of drug-likeness (QED) is 0.249. The number of aliphatic hydroxyl groups is 1. The SMILES string of the molecule is C=CCOC(=O)[C@@H]1[C@H]2C(=O)N(CCCCCO)C(C(=O)N(CC=C)C3CCCCC3)C23CC[C@H]1S3. The summed E-state index contributed by atoms with van der Waals surface area (Å²) < 4.78 is 4.85. The Morgan fingerprint density at radius 2 is 1.91 bits per heavy atom. The van der Waals surface area contributed by atoms with Crippen molar-refractivity contribution in [1.82, 2.24) is 9.80 Å². The molecule has 8 heteroatoms. The molecule has 0 radical (unpaired) electrons. The average Bonchev–Trinajstić information content (AvgIpc) is 3.51. The molecule has 2 amide bonds. The van der Waals surface area contributed by atoms with E-state index in [1.807, 2.05) is 4.90 Å². The lowest BCUT2D eigenvalue weighted by Crippen LogP contribution is -2.57. The van der Waals surface area contributed by atoms with Crippen LogP contribution in [0.2, 0.25) is 0 Å². The Kier molecular flexibility index (Phi) is 8.63. The molecule has 0 aromatic rings. The molecule has 1 N–H and O–H groups in total. The highest BCUT2D eigenvalue weighted by molar-refractivity contribution is 8.02. The van der Waals surface area contributed by atoms with E-state index >= 15 is 0 Å². The van der Waals surface area contributed by atoms with Crippen molar-refractivity contribution < 1.29 is 24.2 Å². The molecule has 1 aliphatic carbocycles. The molecule has 2 unspecified atom stereocenters. The van der Waals surface area contributed by atoms with Gasteiger partial charge in [0.15, 0.2) is 0 Å². The van der Waals surface area contributed by atoms with Crippen molar-refractivity contribution in [2.45, 2.75) is 86.3 Å². The predicted molar refractivity (Wildman–Crippen MR) is 137 cm³/mol. The minimum atomic E-state index is -0.582. The van der Waals surface area contributed by atoms with Crippen molar-refractivity contribution in [3.8, 4) is 0 Å². The van der Waals surface area contributed by atoms with Gasteiger partial charge in [0.05, 0.1) is 16.6 Å². The lowest BCUT2D eigenvalue weighted by atomic mass is 9.71. The van der Waals surface area contributed by atoms with Crippen LogP contribution in [0.3, 0.4) is 0 Å². The van der Waals surface area contributed by atoms with Crippen LogP contribution in [0, 0.1) is 11.8 Å². The van der Waals surface area contributed by atoms with Crippen LogP contribution in [0.15, 0.2) is 25.3 Å². The number of carbonyl (C=O) groups excluding carboxylic acids is 3. The van der Waals surface area contributed by atoms with Crippen molar-refractivity contribution in [2.75, 3.05) is 26.3 Å². The molecule has 3 saturated heterocycles. The number of fused-ring (bicyclic) bond motifs is 1. The van der Waals surface area contributed by atoms with Crippen LogP contribution in [0.5, 0.6) is 0 Å². The van der Waals surface area contributed by atoms with Gasteiger partial charge in [0.2, 0.25) is 11.8 Å². The Bertz CT molecular complexity index is 828. The largest absolute Gasteiger partial charge is 0.461 e. The number of rotatable bonds is 12. The second-order valence-corrected chi connectivity index (χ2v) is 12.0. The molecule has 4 aliphatic rings. The third kappa shape index (κ3) is 4.80. The average molecular weight is 505 g/mol. The molecule has 0 aromatic carbocycles. The molecule has 7 nitrogen and oxygen atoms in total. The van der Waals surface area contributed by atoms with E-state index in [0.717, 1.165) is 51.4 Å². The van der Waals surface area contributed by atoms with E-state index in [1.165, 1.54) is 6.42 Å². The summed E-state index contributed by atoms with van der Waals surface area (Å²) >= 11 is 1.69. The molecule has 4 rings (SSSR count). The van der Waals surface area contributed by atoms with E-state index in [1.54, 1.807) is 28.8 Å². The van der Waals surface area contributed by atoms with Crippen LogP contribution in [0.1, 0.15) is 64.2 Å². The molecule has 3 heterocycles. The van der Waals surface area contributed by atoms with Crippen LogP contribution in [0.25, 0.3) is 0 Å². The van der Waals surface area contributed by atoms with Gasteiger partial charge in [-0.05, 0) is 44.9 Å². The summed E-state index contributed by atoms with van der Waals surface area (Å²) in [6.45, 7) is 8.74. The van der Waals surface area contributed by atoms with E-state index in [-0.39, 0.29) is 42.3 Å². The molecule has 1 saturated carbocycles. The van der Waals surface area contributed by atoms with Crippen molar-refractivity contribution in [1.29, 1.82) is 0 Å². The molecule has 35 heavy (non-hydrogen) atoms. The summed E-state index contributed by atoms with van der Waals surface area (Å²) in [5.41, 5.74) is 0. The van der Waals surface area contributed by atoms with E-state index in [2.05, 4.69) is 13.2 Å². The second-order valence-electron chi connectivity index (χ2n) is 10.4. The molecule has 1 spiro atoms. The van der Waals surface area contributed by atoms with Gasteiger partial charge in [0, 0.05) is 31.0 Å². The maximum absolute atomic E-state index is 14.4. The maximum Gasteiger partial charge on any atom is 0.311 e. The summed E-state index contributed by atoms with van der Waals surface area (Å²) in [6, 6.07) is -0.392. The van der Waals surface area contributed by atoms with Gasteiger partial charge >= 0.3 is 5.97 Å². The van der Waals surface area contributed by atoms with Crippen molar-refractivity contribution >= 4 is 29.5 Å². The Balaban J connectivity index is 1.66. The van der Waals surface area contributed by atoms with E-state index in [9.17, 15) is 19.5 Å². The van der Waals surface area contributed by atoms with Crippen molar-refractivity contribution in [2.24, 2.45) is 11.8 Å². The Morgan fingerprint density at radius 3 is 2.60 bits per heavy atom. The normalized spacial score (nSPS) is 31.9. The van der Waals surface area contributed by atoms with Gasteiger partial charge in [0.25, 0.3) is 0 Å². The first-order chi connectivity index (χ1) is 17.0. The zero-order valence-corrected chi connectivity index (χ0v) is 21.6. The molecule has 4 fully saturated rings. The topological polar surface area (TPSA) is 87.1 Å². The first kappa shape index (κ1) is 26.3. The maximum atomic E-state index is 14.4. The third-order valence-corrected chi connectivity index (χ3v) is 10.3. The van der Waals surface area contributed by atoms with Gasteiger partial charge < -0.3 is 19.6 Å². The predicted octanol–water partition coefficient (Wildman–Crippen LogP) is 3.32. The zero-order chi connectivity index (χ0) is 25.0. The van der Waals surface area contributed by atoms with E-state index in [0.29, 0.717) is 19.5 Å². The summed E-state index contributed by atoms with van der Waals surface area (Å²) in [5, 5.41) is 9.21. The molecule has 2 bridgehead atoms. The monoisotopic (exact) mass is 504 g/mol. The minimum Gasteiger partial charge on any atom is -0.461 e. The number of amides is 2. The molecule has 0 aromatic heterocycles. The highest BCUT2D eigenvalue weighted by Crippen LogP contribution is 2.66. The first-order valence-electron chi connectivity index (χ1n) is 13.3. The van der Waals surface area contributed by atoms with Crippen LogP contribution >= 0.6 is 11.8 Å². The smallest absolute Gasteiger partial charge is 0.311 e. The molecular formula is C27H40N2O5S. The summed E-state index contributed by atoms with van der Waals surface area (Å²) in [5.74, 6) is -1.44. The summed E-state index contributed by atoms with van der Waals surface area (Å²) in [4.78, 5) is 45.1. The van der Waals surface area contributed by atoms with Crippen LogP contribution in [0.4, 0.5) is 0 Å². The van der Waals surface area contributed by atoms with Crippen LogP contribution < -0.4 is 0 Å². The number of aliphatic hydroxyl groups excluding tert-OH is 1. The van der Waals surface area contributed by atoms with E-state index < -0.39 is 22.6 Å². The standard InChI is InChI=1S/C27H40N2O5S/c1-3-15-28(19-11-7-5-8-12-19)25(32)23-27-14-13-20(35-27)21(26(33)34-18-4-2)22(27)24(31)29(23)16-9-6-10-17-30/h3-4,19-23,30H,1-2,5-18H2/t20-,21+,22+,23?,27?/m1/s1. The first-order valence-corrected chi connectivity index (χ1v) is 14.2. The Hall–Kier alpha value is -1.80. The number of hydrogen-bond donors (Lipinski definition) is 1.